The Hall–Kier alpha value is -2.36. The molecule has 4 nitrogen and oxygen atoms in total. The van der Waals surface area contributed by atoms with Gasteiger partial charge in [0.2, 0.25) is 0 Å². The van der Waals surface area contributed by atoms with Crippen LogP contribution in [0.2, 0.25) is 0 Å². The van der Waals surface area contributed by atoms with Gasteiger partial charge in [0.25, 0.3) is 5.91 Å². The maximum atomic E-state index is 12.7. The topological polar surface area (TPSA) is 45.2 Å². The summed E-state index contributed by atoms with van der Waals surface area (Å²) < 4.78 is 38.1. The molecule has 0 atom stereocenters. The number of hydrogen-bond donors (Lipinski definition) is 1. The molecule has 2 aromatic heterocycles. The molecule has 0 unspecified atom stereocenters. The fourth-order valence-corrected chi connectivity index (χ4v) is 5.30. The molecule has 168 valence electrons. The zero-order valence-corrected chi connectivity index (χ0v) is 19.0. The van der Waals surface area contributed by atoms with Crippen LogP contribution >= 0.6 is 23.1 Å². The summed E-state index contributed by atoms with van der Waals surface area (Å²) in [4.78, 5) is 22.0. The summed E-state index contributed by atoms with van der Waals surface area (Å²) in [6.07, 6.45) is -2.50. The first-order valence-corrected chi connectivity index (χ1v) is 12.0. The second-order valence-corrected chi connectivity index (χ2v) is 9.97. The van der Waals surface area contributed by atoms with Crippen molar-refractivity contribution >= 4 is 29.0 Å². The molecule has 0 radical (unpaired) electrons. The van der Waals surface area contributed by atoms with Crippen molar-refractivity contribution in [2.24, 2.45) is 0 Å². The number of carbonyl (C=O) groups is 1. The summed E-state index contributed by atoms with van der Waals surface area (Å²) in [5.41, 5.74) is 2.11. The first kappa shape index (κ1) is 22.8. The highest BCUT2D eigenvalue weighted by molar-refractivity contribution is 7.99. The van der Waals surface area contributed by atoms with E-state index in [0.717, 1.165) is 44.5 Å². The number of amides is 1. The van der Waals surface area contributed by atoms with Crippen molar-refractivity contribution in [3.8, 4) is 0 Å². The van der Waals surface area contributed by atoms with Gasteiger partial charge >= 0.3 is 6.18 Å². The van der Waals surface area contributed by atoms with E-state index in [1.54, 1.807) is 11.8 Å². The predicted molar refractivity (Wildman–Crippen MR) is 121 cm³/mol. The number of halogens is 3. The van der Waals surface area contributed by atoms with Crippen LogP contribution in [0, 0.1) is 0 Å². The Labute approximate surface area is 192 Å². The van der Waals surface area contributed by atoms with Crippen molar-refractivity contribution in [2.45, 2.75) is 44.2 Å². The van der Waals surface area contributed by atoms with Crippen molar-refractivity contribution in [3.63, 3.8) is 0 Å². The molecule has 0 spiro atoms. The molecule has 4 rings (SSSR count). The Morgan fingerprint density at radius 2 is 1.97 bits per heavy atom. The number of nitrogens with one attached hydrogen (secondary N) is 1. The van der Waals surface area contributed by atoms with Crippen molar-refractivity contribution in [1.82, 2.24) is 15.2 Å². The first-order chi connectivity index (χ1) is 15.3. The number of benzene rings is 1. The van der Waals surface area contributed by atoms with Gasteiger partial charge < -0.3 is 5.32 Å². The average molecular weight is 478 g/mol. The van der Waals surface area contributed by atoms with Crippen LogP contribution in [0.1, 0.15) is 43.9 Å². The van der Waals surface area contributed by atoms with Gasteiger partial charge in [-0.15, -0.1) is 23.1 Å². The highest BCUT2D eigenvalue weighted by Crippen LogP contribution is 2.33. The smallest absolute Gasteiger partial charge is 0.346 e. The number of thioether (sulfide) groups is 1. The minimum atomic E-state index is -4.32. The Morgan fingerprint density at radius 3 is 2.59 bits per heavy atom. The number of alkyl halides is 3. The molecule has 1 N–H and O–H groups in total. The third-order valence-corrected chi connectivity index (χ3v) is 7.13. The summed E-state index contributed by atoms with van der Waals surface area (Å²) in [6, 6.07) is 11.1. The molecule has 0 saturated heterocycles. The Balaban J connectivity index is 1.29. The third kappa shape index (κ3) is 5.51. The van der Waals surface area contributed by atoms with Crippen LogP contribution in [-0.2, 0) is 32.4 Å². The molecule has 0 bridgehead atoms. The van der Waals surface area contributed by atoms with Gasteiger partial charge in [-0.2, -0.15) is 13.2 Å². The highest BCUT2D eigenvalue weighted by atomic mass is 32.2. The van der Waals surface area contributed by atoms with E-state index in [9.17, 15) is 18.0 Å². The standard InChI is InChI=1S/C23H22F3N3OS2/c1-2-31-19-8-7-18(27-11-19)10-28-22(30)20-9-16-13-29(14-21(16)32-20)12-15-3-5-17(6-4-15)23(24,25)26/h3-9,11H,2,10,12-14H2,1H3,(H,28,30). The second-order valence-electron chi connectivity index (χ2n) is 7.50. The normalized spacial score (nSPS) is 13.9. The fourth-order valence-electron chi connectivity index (χ4n) is 3.54. The lowest BCUT2D eigenvalue weighted by atomic mass is 10.1. The van der Waals surface area contributed by atoms with Crippen LogP contribution in [0.3, 0.4) is 0 Å². The minimum Gasteiger partial charge on any atom is -0.346 e. The summed E-state index contributed by atoms with van der Waals surface area (Å²) >= 11 is 3.19. The molecule has 0 saturated carbocycles. The predicted octanol–water partition coefficient (Wildman–Crippen LogP) is 5.72. The van der Waals surface area contributed by atoms with E-state index in [1.807, 2.05) is 24.4 Å². The number of aromatic nitrogens is 1. The highest BCUT2D eigenvalue weighted by Gasteiger charge is 2.30. The van der Waals surface area contributed by atoms with Gasteiger partial charge in [0.15, 0.2) is 0 Å². The van der Waals surface area contributed by atoms with Crippen molar-refractivity contribution < 1.29 is 18.0 Å². The molecule has 0 fully saturated rings. The van der Waals surface area contributed by atoms with Gasteiger partial charge in [-0.25, -0.2) is 0 Å². The van der Waals surface area contributed by atoms with Crippen LogP contribution in [0.5, 0.6) is 0 Å². The van der Waals surface area contributed by atoms with Gasteiger partial charge in [0, 0.05) is 35.6 Å². The maximum Gasteiger partial charge on any atom is 0.416 e. The molecule has 32 heavy (non-hydrogen) atoms. The summed E-state index contributed by atoms with van der Waals surface area (Å²) in [5.74, 6) is 0.871. The zero-order valence-electron chi connectivity index (χ0n) is 17.4. The number of rotatable bonds is 7. The molecule has 1 aliphatic heterocycles. The lowest BCUT2D eigenvalue weighted by Crippen LogP contribution is -2.22. The summed E-state index contributed by atoms with van der Waals surface area (Å²) in [6.45, 7) is 4.40. The molecule has 1 aliphatic rings. The molecule has 3 heterocycles. The van der Waals surface area contributed by atoms with Crippen molar-refractivity contribution in [2.75, 3.05) is 5.75 Å². The quantitative estimate of drug-likeness (QED) is 0.442. The lowest BCUT2D eigenvalue weighted by molar-refractivity contribution is -0.137. The van der Waals surface area contributed by atoms with E-state index in [-0.39, 0.29) is 5.91 Å². The van der Waals surface area contributed by atoms with E-state index >= 15 is 0 Å². The largest absolute Gasteiger partial charge is 0.416 e. The second kappa shape index (κ2) is 9.64. The summed E-state index contributed by atoms with van der Waals surface area (Å²) in [5, 5.41) is 2.92. The lowest BCUT2D eigenvalue weighted by Gasteiger charge is -2.16. The molecular formula is C23H22F3N3OS2. The third-order valence-electron chi connectivity index (χ3n) is 5.11. The maximum absolute atomic E-state index is 12.7. The first-order valence-electron chi connectivity index (χ1n) is 10.2. The minimum absolute atomic E-state index is 0.118. The van der Waals surface area contributed by atoms with Gasteiger partial charge in [-0.05, 0) is 47.2 Å². The number of carbonyl (C=O) groups excluding carboxylic acids is 1. The molecule has 0 aliphatic carbocycles. The number of hydrogen-bond acceptors (Lipinski definition) is 5. The van der Waals surface area contributed by atoms with E-state index in [2.05, 4.69) is 22.1 Å². The zero-order chi connectivity index (χ0) is 22.7. The van der Waals surface area contributed by atoms with Crippen molar-refractivity contribution in [1.29, 1.82) is 0 Å². The monoisotopic (exact) mass is 477 g/mol. The fraction of sp³-hybridized carbons (Fsp3) is 0.304. The molecule has 1 amide bonds. The SMILES string of the molecule is CCSc1ccc(CNC(=O)c2cc3c(s2)CN(Cc2ccc(C(F)(F)F)cc2)C3)nc1. The van der Waals surface area contributed by atoms with Crippen LogP contribution in [0.25, 0.3) is 0 Å². The van der Waals surface area contributed by atoms with E-state index < -0.39 is 11.7 Å². The molecule has 3 aromatic rings. The Bertz CT molecular complexity index is 1060. The molecule has 9 heteroatoms. The molecule has 1 aromatic carbocycles. The average Bonchev–Trinajstić information content (AvgIpc) is 3.32. The van der Waals surface area contributed by atoms with Gasteiger partial charge in [0.05, 0.1) is 22.7 Å². The Kier molecular flexibility index (Phi) is 6.88. The Morgan fingerprint density at radius 1 is 1.19 bits per heavy atom. The summed E-state index contributed by atoms with van der Waals surface area (Å²) in [7, 11) is 0. The van der Waals surface area contributed by atoms with E-state index in [4.69, 9.17) is 0 Å². The van der Waals surface area contributed by atoms with Crippen LogP contribution < -0.4 is 5.32 Å². The van der Waals surface area contributed by atoms with E-state index in [1.165, 1.54) is 23.5 Å². The van der Waals surface area contributed by atoms with Gasteiger partial charge in [-0.3, -0.25) is 14.7 Å². The van der Waals surface area contributed by atoms with Crippen molar-refractivity contribution in [3.05, 3.63) is 80.8 Å². The van der Waals surface area contributed by atoms with Crippen LogP contribution in [-0.4, -0.2) is 21.5 Å². The number of fused-ring (bicyclic) bond motifs is 1. The van der Waals surface area contributed by atoms with Crippen LogP contribution in [0.15, 0.2) is 53.6 Å². The van der Waals surface area contributed by atoms with Gasteiger partial charge in [-0.1, -0.05) is 19.1 Å². The number of pyridine rings is 1. The van der Waals surface area contributed by atoms with E-state index in [0.29, 0.717) is 31.1 Å². The number of thiophene rings is 1. The van der Waals surface area contributed by atoms with Crippen LogP contribution in [0.4, 0.5) is 13.2 Å². The number of nitrogens with zero attached hydrogens (tertiary/aromatic N) is 2. The molecular weight excluding hydrogens is 455 g/mol. The van der Waals surface area contributed by atoms with Gasteiger partial charge in [0.1, 0.15) is 0 Å².